The fourth-order valence-corrected chi connectivity index (χ4v) is 5.55. The number of rotatable bonds is 15. The van der Waals surface area contributed by atoms with Crippen LogP contribution in [0, 0.1) is 0 Å². The first kappa shape index (κ1) is 41.0. The summed E-state index contributed by atoms with van der Waals surface area (Å²) in [5.41, 5.74) is 2.99. The van der Waals surface area contributed by atoms with E-state index in [-0.39, 0.29) is 65.7 Å². The highest BCUT2D eigenvalue weighted by Crippen LogP contribution is 2.20. The Hall–Kier alpha value is -4.78. The van der Waals surface area contributed by atoms with E-state index < -0.39 is 35.8 Å². The summed E-state index contributed by atoms with van der Waals surface area (Å²) in [4.78, 5) is 53.0. The second kappa shape index (κ2) is 23.7. The van der Waals surface area contributed by atoms with E-state index in [9.17, 15) is 19.2 Å². The Morgan fingerprint density at radius 2 is 1.11 bits per heavy atom. The van der Waals surface area contributed by atoms with Crippen molar-refractivity contribution in [1.29, 1.82) is 0 Å². The van der Waals surface area contributed by atoms with Crippen molar-refractivity contribution in [2.45, 2.75) is 77.2 Å². The van der Waals surface area contributed by atoms with Crippen LogP contribution in [-0.2, 0) is 68.9 Å². The summed E-state index contributed by atoms with van der Waals surface area (Å²) in [6.07, 6.45) is 5.12. The van der Waals surface area contributed by atoms with Crippen molar-refractivity contribution in [2.75, 3.05) is 46.2 Å². The Morgan fingerprint density at radius 3 is 1.60 bits per heavy atom. The van der Waals surface area contributed by atoms with E-state index in [0.29, 0.717) is 23.5 Å². The van der Waals surface area contributed by atoms with E-state index in [0.717, 1.165) is 43.2 Å². The van der Waals surface area contributed by atoms with Gasteiger partial charge >= 0.3 is 11.9 Å². The van der Waals surface area contributed by atoms with E-state index in [2.05, 4.69) is 17.6 Å². The first-order chi connectivity index (χ1) is 25.9. The van der Waals surface area contributed by atoms with Crippen LogP contribution in [0.2, 0.25) is 0 Å². The van der Waals surface area contributed by atoms with Crippen LogP contribution in [0.25, 0.3) is 0 Å². The Labute approximate surface area is 311 Å². The van der Waals surface area contributed by atoms with Crippen molar-refractivity contribution in [3.05, 3.63) is 101 Å². The van der Waals surface area contributed by atoms with Gasteiger partial charge in [-0.25, -0.2) is 9.59 Å². The summed E-state index contributed by atoms with van der Waals surface area (Å²) >= 11 is 0. The fourth-order valence-electron chi connectivity index (χ4n) is 5.55. The number of cyclic esters (lactones) is 2. The molecule has 3 aromatic rings. The summed E-state index contributed by atoms with van der Waals surface area (Å²) in [7, 11) is 0. The maximum absolute atomic E-state index is 13.4. The number of nitrogens with one attached hydrogen (secondary N) is 2. The van der Waals surface area contributed by atoms with Crippen molar-refractivity contribution in [1.82, 2.24) is 10.6 Å². The summed E-state index contributed by atoms with van der Waals surface area (Å²) < 4.78 is 34.0. The molecule has 0 unspecified atom stereocenters. The highest BCUT2D eigenvalue weighted by Gasteiger charge is 2.25. The van der Waals surface area contributed by atoms with E-state index in [1.165, 1.54) is 0 Å². The highest BCUT2D eigenvalue weighted by atomic mass is 16.6. The summed E-state index contributed by atoms with van der Waals surface area (Å²) in [6.45, 7) is 2.78. The third-order valence-corrected chi connectivity index (χ3v) is 8.25. The molecule has 2 bridgehead atoms. The van der Waals surface area contributed by atoms with E-state index >= 15 is 0 Å². The molecule has 1 aliphatic heterocycles. The number of amides is 2. The predicted octanol–water partition coefficient (Wildman–Crippen LogP) is 4.64. The average molecular weight is 733 g/mol. The number of esters is 2. The molecule has 12 nitrogen and oxygen atoms in total. The van der Waals surface area contributed by atoms with Crippen molar-refractivity contribution in [2.24, 2.45) is 0 Å². The molecule has 4 rings (SSSR count). The smallest absolute Gasteiger partial charge is 0.331 e. The quantitative estimate of drug-likeness (QED) is 0.167. The van der Waals surface area contributed by atoms with Gasteiger partial charge in [0.05, 0.1) is 59.1 Å². The Bertz CT molecular complexity index is 1450. The van der Waals surface area contributed by atoms with Crippen molar-refractivity contribution < 1.29 is 47.6 Å². The molecule has 0 fully saturated rings. The van der Waals surface area contributed by atoms with Gasteiger partial charge in [0.15, 0.2) is 12.1 Å². The van der Waals surface area contributed by atoms with E-state index in [1.807, 2.05) is 60.7 Å². The minimum absolute atomic E-state index is 0.0311. The second-order valence-electron chi connectivity index (χ2n) is 12.8. The van der Waals surface area contributed by atoms with Crippen LogP contribution in [-0.4, -0.2) is 82.1 Å². The molecule has 2 amide bonds. The number of unbranched alkanes of at least 4 members (excludes halogenated alkanes) is 4. The molecular weight excluding hydrogens is 680 g/mol. The van der Waals surface area contributed by atoms with Gasteiger partial charge in [-0.2, -0.15) is 0 Å². The number of benzene rings is 3. The van der Waals surface area contributed by atoms with Crippen LogP contribution >= 0.6 is 0 Å². The van der Waals surface area contributed by atoms with Gasteiger partial charge in [0, 0.05) is 0 Å². The summed E-state index contributed by atoms with van der Waals surface area (Å²) in [5, 5.41) is 5.51. The Morgan fingerprint density at radius 1 is 0.623 bits per heavy atom. The molecule has 12 heteroatoms. The van der Waals surface area contributed by atoms with Crippen LogP contribution < -0.4 is 15.4 Å². The molecule has 286 valence electrons. The lowest BCUT2D eigenvalue weighted by atomic mass is 10.0. The zero-order valence-corrected chi connectivity index (χ0v) is 30.6. The average Bonchev–Trinajstić information content (AvgIpc) is 3.15. The van der Waals surface area contributed by atoms with Gasteiger partial charge < -0.3 is 39.1 Å². The first-order valence-electron chi connectivity index (χ1n) is 18.4. The van der Waals surface area contributed by atoms with Gasteiger partial charge in [0.2, 0.25) is 11.8 Å². The molecule has 0 aromatic heterocycles. The normalized spacial score (nSPS) is 17.9. The number of fused-ring (bicyclic) bond motifs is 2. The molecule has 0 saturated carbocycles. The lowest BCUT2D eigenvalue weighted by Gasteiger charge is -2.20. The van der Waals surface area contributed by atoms with Crippen LogP contribution in [0.15, 0.2) is 78.9 Å². The SMILES string of the molecule is CCCCCCCOc1cc2cc(c1)CC(=O)N[C@@H](COCc1ccccc1)C(=O)OCCOCCOC(=O)[C@H](COCc1ccccc1)NC(=O)C2. The molecule has 1 aliphatic rings. The topological polar surface area (TPSA) is 148 Å². The zero-order chi connectivity index (χ0) is 37.5. The monoisotopic (exact) mass is 732 g/mol. The fraction of sp³-hybridized carbons (Fsp3) is 0.463. The molecule has 1 heterocycles. The zero-order valence-electron chi connectivity index (χ0n) is 30.6. The van der Waals surface area contributed by atoms with Crippen LogP contribution in [0.5, 0.6) is 5.75 Å². The van der Waals surface area contributed by atoms with E-state index in [1.54, 1.807) is 18.2 Å². The van der Waals surface area contributed by atoms with Gasteiger partial charge in [-0.1, -0.05) is 99.3 Å². The lowest BCUT2D eigenvalue weighted by molar-refractivity contribution is -0.153. The van der Waals surface area contributed by atoms with E-state index in [4.69, 9.17) is 28.4 Å². The molecule has 0 radical (unpaired) electrons. The third kappa shape index (κ3) is 16.2. The summed E-state index contributed by atoms with van der Waals surface area (Å²) in [5.74, 6) is -1.71. The number of carbonyl (C=O) groups is 4. The molecule has 0 spiro atoms. The summed E-state index contributed by atoms with van der Waals surface area (Å²) in [6, 6.07) is 22.0. The largest absolute Gasteiger partial charge is 0.494 e. The highest BCUT2D eigenvalue weighted by molar-refractivity contribution is 5.87. The van der Waals surface area contributed by atoms with Crippen molar-refractivity contribution >= 4 is 23.8 Å². The number of carbonyl (C=O) groups excluding carboxylic acids is 4. The minimum Gasteiger partial charge on any atom is -0.494 e. The second-order valence-corrected chi connectivity index (χ2v) is 12.8. The van der Waals surface area contributed by atoms with Crippen molar-refractivity contribution in [3.63, 3.8) is 0 Å². The van der Waals surface area contributed by atoms with Gasteiger partial charge in [-0.15, -0.1) is 0 Å². The molecule has 3 aromatic carbocycles. The molecule has 2 N–H and O–H groups in total. The third-order valence-electron chi connectivity index (χ3n) is 8.25. The predicted molar refractivity (Wildman–Crippen MR) is 197 cm³/mol. The molecule has 0 aliphatic carbocycles. The molecular formula is C41H52N2O10. The molecule has 53 heavy (non-hydrogen) atoms. The van der Waals surface area contributed by atoms with Crippen LogP contribution in [0.4, 0.5) is 0 Å². The first-order valence-corrected chi connectivity index (χ1v) is 18.4. The Balaban J connectivity index is 1.49. The van der Waals surface area contributed by atoms with Crippen molar-refractivity contribution in [3.8, 4) is 5.75 Å². The minimum atomic E-state index is -1.08. The van der Waals surface area contributed by atoms with Crippen LogP contribution in [0.1, 0.15) is 61.3 Å². The molecule has 0 saturated heterocycles. The number of ether oxygens (including phenoxy) is 6. The standard InChI is InChI=1S/C41H52N2O10/c1-2-3-4-5-12-17-51-35-23-33-22-34(24-35)26-39(45)43-37(30-50-28-32-15-10-7-11-16-32)41(47)53-21-19-48-18-20-52-40(46)36(42-38(44)25-33)29-49-27-31-13-8-6-9-14-31/h6-11,13-16,22-24,36-37H,2-5,12,17-21,25-30H2,1H3,(H,42,44)(H,43,45)/t36-,37-/m0/s1. The number of hydrogen-bond donors (Lipinski definition) is 2. The molecule has 2 atom stereocenters. The van der Waals surface area contributed by atoms with Gasteiger partial charge in [-0.3, -0.25) is 9.59 Å². The maximum atomic E-state index is 13.4. The number of hydrogen-bond acceptors (Lipinski definition) is 10. The van der Waals surface area contributed by atoms with Gasteiger partial charge in [0.25, 0.3) is 0 Å². The van der Waals surface area contributed by atoms with Gasteiger partial charge in [-0.05, 0) is 40.8 Å². The van der Waals surface area contributed by atoms with Crippen LogP contribution in [0.3, 0.4) is 0 Å². The Kier molecular flexibility index (Phi) is 18.3. The van der Waals surface area contributed by atoms with Gasteiger partial charge in [0.1, 0.15) is 19.0 Å². The maximum Gasteiger partial charge on any atom is 0.331 e. The lowest BCUT2D eigenvalue weighted by Crippen LogP contribution is -2.46.